The van der Waals surface area contributed by atoms with Crippen molar-refractivity contribution in [2.45, 2.75) is 55.6 Å². The maximum absolute atomic E-state index is 13.4. The minimum Gasteiger partial charge on any atom is -0.350 e. The zero-order valence-electron chi connectivity index (χ0n) is 21.3. The molecule has 1 N–H and O–H groups in total. The number of alkyl halides is 2. The Morgan fingerprint density at radius 3 is 2.62 bits per heavy atom. The molecule has 0 amide bonds. The van der Waals surface area contributed by atoms with E-state index in [1.54, 1.807) is 10.6 Å². The van der Waals surface area contributed by atoms with Gasteiger partial charge in [0.05, 0.1) is 21.9 Å². The molecule has 11 nitrogen and oxygen atoms in total. The largest absolute Gasteiger partial charge is 0.350 e. The first-order valence-corrected chi connectivity index (χ1v) is 14.7. The Morgan fingerprint density at radius 1 is 1.18 bits per heavy atom. The standard InChI is InChI=1S/C24H25F2N9O2S2/c1-13-10-34(14(2)9-33(13)3)20-18-16-5-4-15(39(36,37)32-24(11-27)6-7-24)8-17(16)35(21(18)29-12-28-20)23-31-30-22(38-23)19(25)26/h4-5,8,12-14,19,32H,6-7,9-10H2,1-3H3. The van der Waals surface area contributed by atoms with Crippen LogP contribution in [-0.4, -0.2) is 75.8 Å². The lowest BCUT2D eigenvalue weighted by Gasteiger charge is -2.43. The molecular formula is C24H25F2N9O2S2. The molecule has 0 radical (unpaired) electrons. The van der Waals surface area contributed by atoms with Gasteiger partial charge in [0.2, 0.25) is 15.2 Å². The van der Waals surface area contributed by atoms with E-state index < -0.39 is 27.0 Å². The van der Waals surface area contributed by atoms with Crippen molar-refractivity contribution in [1.29, 1.82) is 5.26 Å². The van der Waals surface area contributed by atoms with Gasteiger partial charge in [-0.25, -0.2) is 27.2 Å². The number of piperazine rings is 1. The van der Waals surface area contributed by atoms with Gasteiger partial charge in [0.15, 0.2) is 10.7 Å². The summed E-state index contributed by atoms with van der Waals surface area (Å²) in [6.07, 6.45) is -0.510. The summed E-state index contributed by atoms with van der Waals surface area (Å²) in [5.41, 5.74) is -0.286. The number of sulfonamides is 1. The van der Waals surface area contributed by atoms with E-state index in [4.69, 9.17) is 0 Å². The zero-order chi connectivity index (χ0) is 27.7. The Bertz CT molecular complexity index is 1740. The Labute approximate surface area is 227 Å². The van der Waals surface area contributed by atoms with E-state index in [0.717, 1.165) is 6.54 Å². The van der Waals surface area contributed by atoms with Crippen LogP contribution in [0.5, 0.6) is 0 Å². The maximum atomic E-state index is 13.4. The van der Waals surface area contributed by atoms with Crippen molar-refractivity contribution in [2.24, 2.45) is 0 Å². The third-order valence-electron chi connectivity index (χ3n) is 7.48. The lowest BCUT2D eigenvalue weighted by molar-refractivity contribution is 0.150. The molecule has 1 saturated carbocycles. The minimum atomic E-state index is -4.05. The molecule has 39 heavy (non-hydrogen) atoms. The quantitative estimate of drug-likeness (QED) is 0.369. The Morgan fingerprint density at radius 2 is 1.95 bits per heavy atom. The monoisotopic (exact) mass is 573 g/mol. The molecule has 2 fully saturated rings. The number of nitrogens with one attached hydrogen (secondary N) is 1. The molecule has 1 aliphatic carbocycles. The van der Waals surface area contributed by atoms with E-state index in [2.05, 4.69) is 55.6 Å². The number of likely N-dealkylation sites (N-methyl/N-ethyl adjacent to an activating group) is 1. The second-order valence-electron chi connectivity index (χ2n) is 10.2. The summed E-state index contributed by atoms with van der Waals surface area (Å²) in [6, 6.07) is 7.01. The van der Waals surface area contributed by atoms with Crippen molar-refractivity contribution in [1.82, 2.24) is 34.4 Å². The Balaban J connectivity index is 1.59. The molecular weight excluding hydrogens is 548 g/mol. The van der Waals surface area contributed by atoms with Crippen molar-refractivity contribution in [2.75, 3.05) is 25.0 Å². The molecule has 2 unspecified atom stereocenters. The van der Waals surface area contributed by atoms with E-state index >= 15 is 0 Å². The smallest absolute Gasteiger partial charge is 0.291 e. The number of aromatic nitrogens is 5. The van der Waals surface area contributed by atoms with Crippen LogP contribution >= 0.6 is 11.3 Å². The molecule has 0 spiro atoms. The van der Waals surface area contributed by atoms with Gasteiger partial charge in [0, 0.05) is 30.6 Å². The number of halogens is 2. The van der Waals surface area contributed by atoms with Gasteiger partial charge in [-0.05, 0) is 45.9 Å². The molecule has 6 rings (SSSR count). The molecule has 0 bridgehead atoms. The number of benzene rings is 1. The number of nitrogens with zero attached hydrogens (tertiary/aromatic N) is 8. The van der Waals surface area contributed by atoms with E-state index in [1.807, 2.05) is 6.07 Å². The number of fused-ring (bicyclic) bond motifs is 3. The highest BCUT2D eigenvalue weighted by molar-refractivity contribution is 7.89. The van der Waals surface area contributed by atoms with Crippen LogP contribution in [0.4, 0.5) is 14.6 Å². The molecule has 204 valence electrons. The van der Waals surface area contributed by atoms with Crippen LogP contribution in [0.3, 0.4) is 0 Å². The van der Waals surface area contributed by atoms with Crippen LogP contribution in [0.15, 0.2) is 29.4 Å². The summed E-state index contributed by atoms with van der Waals surface area (Å²) in [5, 5.41) is 18.0. The predicted octanol–water partition coefficient (Wildman–Crippen LogP) is 3.23. The van der Waals surface area contributed by atoms with Crippen molar-refractivity contribution in [3.05, 3.63) is 29.5 Å². The molecule has 4 aromatic rings. The van der Waals surface area contributed by atoms with Crippen LogP contribution in [0.25, 0.3) is 27.1 Å². The predicted molar refractivity (Wildman–Crippen MR) is 142 cm³/mol. The van der Waals surface area contributed by atoms with Crippen LogP contribution in [-0.2, 0) is 10.0 Å². The second kappa shape index (κ2) is 9.12. The number of nitriles is 1. The zero-order valence-corrected chi connectivity index (χ0v) is 23.0. The van der Waals surface area contributed by atoms with Gasteiger partial charge >= 0.3 is 0 Å². The van der Waals surface area contributed by atoms with Crippen LogP contribution in [0, 0.1) is 11.3 Å². The lowest BCUT2D eigenvalue weighted by atomic mass is 10.1. The average Bonchev–Trinajstić information content (AvgIpc) is 3.34. The molecule has 3 aromatic heterocycles. The van der Waals surface area contributed by atoms with Crippen molar-refractivity contribution in [3.63, 3.8) is 0 Å². The third kappa shape index (κ3) is 4.31. The molecule has 2 atom stereocenters. The summed E-state index contributed by atoms with van der Waals surface area (Å²) in [5.74, 6) is 0.671. The maximum Gasteiger partial charge on any atom is 0.291 e. The van der Waals surface area contributed by atoms with Gasteiger partial charge in [-0.3, -0.25) is 9.47 Å². The van der Waals surface area contributed by atoms with Gasteiger partial charge < -0.3 is 4.90 Å². The van der Waals surface area contributed by atoms with Crippen LogP contribution < -0.4 is 9.62 Å². The molecule has 1 aromatic carbocycles. The van der Waals surface area contributed by atoms with E-state index in [-0.39, 0.29) is 22.1 Å². The lowest BCUT2D eigenvalue weighted by Crippen LogP contribution is -2.55. The van der Waals surface area contributed by atoms with Crippen LogP contribution in [0.2, 0.25) is 0 Å². The highest BCUT2D eigenvalue weighted by Gasteiger charge is 2.47. The van der Waals surface area contributed by atoms with Gasteiger partial charge in [-0.15, -0.1) is 10.2 Å². The fourth-order valence-electron chi connectivity index (χ4n) is 5.06. The molecule has 4 heterocycles. The van der Waals surface area contributed by atoms with Gasteiger partial charge in [0.25, 0.3) is 6.43 Å². The normalized spacial score (nSPS) is 21.6. The third-order valence-corrected chi connectivity index (χ3v) is 9.93. The van der Waals surface area contributed by atoms with E-state index in [9.17, 15) is 22.5 Å². The Hall–Kier alpha value is -3.32. The molecule has 1 saturated heterocycles. The van der Waals surface area contributed by atoms with Crippen molar-refractivity contribution < 1.29 is 17.2 Å². The molecule has 15 heteroatoms. The van der Waals surface area contributed by atoms with Gasteiger partial charge in [-0.1, -0.05) is 17.4 Å². The number of anilines is 1. The SMILES string of the molecule is CC1CN(c2ncnc3c2c2ccc(S(=O)(=O)NC4(C#N)CC4)cc2n3-c2nnc(C(F)F)s2)C(C)CN1C. The molecule has 1 aliphatic heterocycles. The van der Waals surface area contributed by atoms with Gasteiger partial charge in [0.1, 0.15) is 17.7 Å². The summed E-state index contributed by atoms with van der Waals surface area (Å²) in [6.45, 7) is 5.76. The number of rotatable bonds is 6. The topological polar surface area (TPSA) is 133 Å². The highest BCUT2D eigenvalue weighted by Crippen LogP contribution is 2.40. The van der Waals surface area contributed by atoms with Gasteiger partial charge in [-0.2, -0.15) is 9.98 Å². The summed E-state index contributed by atoms with van der Waals surface area (Å²) in [4.78, 5) is 13.5. The fraction of sp³-hybridized carbons (Fsp3) is 0.458. The van der Waals surface area contributed by atoms with Crippen molar-refractivity contribution in [3.8, 4) is 11.2 Å². The van der Waals surface area contributed by atoms with Crippen molar-refractivity contribution >= 4 is 49.1 Å². The number of hydrogen-bond acceptors (Lipinski definition) is 10. The van der Waals surface area contributed by atoms with Crippen LogP contribution in [0.1, 0.15) is 38.1 Å². The minimum absolute atomic E-state index is 0.0599. The Kier molecular flexibility index (Phi) is 6.06. The summed E-state index contributed by atoms with van der Waals surface area (Å²) < 4.78 is 57.4. The van der Waals surface area contributed by atoms with E-state index in [0.29, 0.717) is 58.5 Å². The first-order chi connectivity index (χ1) is 18.5. The average molecular weight is 574 g/mol. The highest BCUT2D eigenvalue weighted by atomic mass is 32.2. The number of hydrogen-bond donors (Lipinski definition) is 1. The fourth-order valence-corrected chi connectivity index (χ4v) is 7.17. The first-order valence-electron chi connectivity index (χ1n) is 12.4. The second-order valence-corrected chi connectivity index (χ2v) is 12.9. The molecule has 2 aliphatic rings. The summed E-state index contributed by atoms with van der Waals surface area (Å²) >= 11 is 0.710. The van der Waals surface area contributed by atoms with E-state index in [1.165, 1.54) is 18.5 Å². The summed E-state index contributed by atoms with van der Waals surface area (Å²) in [7, 11) is -1.97. The first kappa shape index (κ1) is 25.9.